The number of rotatable bonds is 9. The van der Waals surface area contributed by atoms with Gasteiger partial charge in [0.2, 0.25) is 0 Å². The summed E-state index contributed by atoms with van der Waals surface area (Å²) in [5.74, 6) is -2.26. The van der Waals surface area contributed by atoms with E-state index in [1.54, 1.807) is 29.5 Å². The zero-order valence-corrected chi connectivity index (χ0v) is 21.0. The molecule has 0 aliphatic heterocycles. The van der Waals surface area contributed by atoms with Crippen molar-refractivity contribution in [2.75, 3.05) is 31.4 Å². The largest absolute Gasteiger partial charge is 0.394 e. The van der Waals surface area contributed by atoms with Crippen molar-refractivity contribution in [2.45, 2.75) is 13.0 Å². The lowest BCUT2D eigenvalue weighted by Gasteiger charge is -2.26. The van der Waals surface area contributed by atoms with Gasteiger partial charge in [0.05, 0.1) is 37.6 Å². The van der Waals surface area contributed by atoms with Gasteiger partial charge in [-0.2, -0.15) is 5.06 Å². The number of carbonyl (C=O) groups is 3. The summed E-state index contributed by atoms with van der Waals surface area (Å²) < 4.78 is 0.815. The van der Waals surface area contributed by atoms with Crippen molar-refractivity contribution >= 4 is 91.2 Å². The summed E-state index contributed by atoms with van der Waals surface area (Å²) >= 11 is 5.45. The highest BCUT2D eigenvalue weighted by atomic mass is 127. The third-order valence-electron chi connectivity index (χ3n) is 3.30. The van der Waals surface area contributed by atoms with Gasteiger partial charge in [0.25, 0.3) is 17.7 Å². The van der Waals surface area contributed by atoms with E-state index in [0.29, 0.717) is 0 Å². The first kappa shape index (κ1) is 25.7. The van der Waals surface area contributed by atoms with Crippen molar-refractivity contribution in [1.29, 1.82) is 0 Å². The van der Waals surface area contributed by atoms with E-state index < -0.39 is 37.0 Å². The van der Waals surface area contributed by atoms with Crippen molar-refractivity contribution in [3.63, 3.8) is 0 Å². The number of anilines is 1. The zero-order chi connectivity index (χ0) is 21.6. The van der Waals surface area contributed by atoms with Gasteiger partial charge >= 0.3 is 0 Å². The molecule has 0 bridgehead atoms. The molecule has 0 aromatic heterocycles. The van der Waals surface area contributed by atoms with Gasteiger partial charge in [-0.25, -0.2) is 0 Å². The number of aliphatic hydroxyl groups is 3. The van der Waals surface area contributed by atoms with E-state index in [9.17, 15) is 24.6 Å². The van der Waals surface area contributed by atoms with Crippen LogP contribution in [0, 0.1) is 10.7 Å². The molecule has 0 radical (unpaired) electrons. The number of amides is 3. The Morgan fingerprint density at radius 1 is 1.14 bits per heavy atom. The molecule has 1 atom stereocenters. The lowest BCUT2D eigenvalue weighted by atomic mass is 10.1. The number of hydrogen-bond donors (Lipinski definition) is 5. The molecule has 0 aliphatic rings. The molecule has 28 heavy (non-hydrogen) atoms. The molecule has 0 saturated carbocycles. The predicted molar refractivity (Wildman–Crippen MR) is 125 cm³/mol. The fraction of sp³-hybridized carbons (Fsp3) is 0.400. The van der Waals surface area contributed by atoms with Crippen LogP contribution in [-0.2, 0) is 9.63 Å². The topological polar surface area (TPSA) is 162 Å². The summed E-state index contributed by atoms with van der Waals surface area (Å²) in [4.78, 5) is 42.2. The van der Waals surface area contributed by atoms with Crippen LogP contribution in [0.15, 0.2) is 0 Å². The van der Waals surface area contributed by atoms with Gasteiger partial charge in [0.1, 0.15) is 12.3 Å². The molecule has 0 saturated heterocycles. The molecule has 1 unspecified atom stereocenters. The standard InChI is InChI=1S/C15H18I3N3O7/c1-2-28-21(7(25)5-23)13-11(17)8(14(19)26)10(16)9(12(13)18)15(27)20-3-6(24)4-22/h6,22-24H,2-5H2,1H3,(H2,19,26)(H,20,27). The molecular weight excluding hydrogens is 715 g/mol. The van der Waals surface area contributed by atoms with Gasteiger partial charge in [-0.15, -0.1) is 0 Å². The van der Waals surface area contributed by atoms with E-state index in [-0.39, 0.29) is 40.7 Å². The minimum Gasteiger partial charge on any atom is -0.394 e. The fourth-order valence-electron chi connectivity index (χ4n) is 2.06. The van der Waals surface area contributed by atoms with Gasteiger partial charge in [0, 0.05) is 10.1 Å². The molecule has 0 fully saturated rings. The highest BCUT2D eigenvalue weighted by Gasteiger charge is 2.32. The Bertz CT molecular complexity index is 776. The average Bonchev–Trinajstić information content (AvgIpc) is 2.64. The van der Waals surface area contributed by atoms with Crippen LogP contribution in [-0.4, -0.2) is 65.5 Å². The van der Waals surface area contributed by atoms with Crippen molar-refractivity contribution < 1.29 is 34.5 Å². The summed E-state index contributed by atoms with van der Waals surface area (Å²) in [5.41, 5.74) is 5.64. The van der Waals surface area contributed by atoms with Crippen LogP contribution >= 0.6 is 67.8 Å². The molecule has 3 amide bonds. The van der Waals surface area contributed by atoms with Crippen LogP contribution < -0.4 is 16.1 Å². The van der Waals surface area contributed by atoms with Crippen molar-refractivity contribution in [3.8, 4) is 0 Å². The minimum atomic E-state index is -1.16. The number of primary amides is 1. The van der Waals surface area contributed by atoms with Crippen LogP contribution in [0.4, 0.5) is 5.69 Å². The molecule has 1 aromatic rings. The van der Waals surface area contributed by atoms with E-state index in [1.807, 2.05) is 45.2 Å². The summed E-state index contributed by atoms with van der Waals surface area (Å²) in [6, 6.07) is 0. The number of benzene rings is 1. The average molecular weight is 733 g/mol. The number of nitrogens with two attached hydrogens (primary N) is 1. The zero-order valence-electron chi connectivity index (χ0n) is 14.5. The Labute approximate surface area is 201 Å². The number of halogens is 3. The lowest BCUT2D eigenvalue weighted by molar-refractivity contribution is -0.128. The van der Waals surface area contributed by atoms with Crippen molar-refractivity contribution in [2.24, 2.45) is 5.73 Å². The molecule has 0 spiro atoms. The van der Waals surface area contributed by atoms with Crippen molar-refractivity contribution in [1.82, 2.24) is 5.32 Å². The molecular formula is C15H18I3N3O7. The Morgan fingerprint density at radius 2 is 1.71 bits per heavy atom. The van der Waals surface area contributed by atoms with Gasteiger partial charge in [-0.3, -0.25) is 19.2 Å². The maximum absolute atomic E-state index is 12.7. The van der Waals surface area contributed by atoms with E-state index >= 15 is 0 Å². The monoisotopic (exact) mass is 733 g/mol. The van der Waals surface area contributed by atoms with Crippen LogP contribution in [0.25, 0.3) is 0 Å². The predicted octanol–water partition coefficient (Wildman–Crippen LogP) is -0.0409. The van der Waals surface area contributed by atoms with Crippen LogP contribution in [0.3, 0.4) is 0 Å². The third kappa shape index (κ3) is 5.85. The second kappa shape index (κ2) is 11.7. The molecule has 10 nitrogen and oxygen atoms in total. The highest BCUT2D eigenvalue weighted by Crippen LogP contribution is 2.38. The van der Waals surface area contributed by atoms with Crippen LogP contribution in [0.5, 0.6) is 0 Å². The van der Waals surface area contributed by atoms with E-state index in [4.69, 9.17) is 15.7 Å². The lowest BCUT2D eigenvalue weighted by Crippen LogP contribution is -2.38. The second-order valence-corrected chi connectivity index (χ2v) is 8.45. The fourth-order valence-corrected chi connectivity index (χ4v) is 6.69. The van der Waals surface area contributed by atoms with E-state index in [0.717, 1.165) is 5.06 Å². The molecule has 1 aromatic carbocycles. The molecule has 6 N–H and O–H groups in total. The number of nitrogens with zero attached hydrogens (tertiary/aromatic N) is 1. The Balaban J connectivity index is 3.69. The van der Waals surface area contributed by atoms with Crippen LogP contribution in [0.1, 0.15) is 27.6 Å². The summed E-state index contributed by atoms with van der Waals surface area (Å²) in [7, 11) is 0. The number of hydrogen-bond acceptors (Lipinski definition) is 7. The molecule has 156 valence electrons. The number of nitrogens with one attached hydrogen (secondary N) is 1. The second-order valence-electron chi connectivity index (χ2n) is 5.22. The quantitative estimate of drug-likeness (QED) is 0.176. The smallest absolute Gasteiger partial charge is 0.276 e. The maximum Gasteiger partial charge on any atom is 0.276 e. The Hall–Kier alpha value is -0.340. The van der Waals surface area contributed by atoms with E-state index in [1.165, 1.54) is 0 Å². The third-order valence-corrected chi connectivity index (χ3v) is 6.48. The van der Waals surface area contributed by atoms with Gasteiger partial charge in [-0.1, -0.05) is 0 Å². The summed E-state index contributed by atoms with van der Waals surface area (Å²) in [5, 5.41) is 30.9. The SMILES string of the molecule is CCON(C(=O)CO)c1c(I)c(C(N)=O)c(I)c(C(=O)NCC(O)CO)c1I. The number of aliphatic hydroxyl groups excluding tert-OH is 3. The Kier molecular flexibility index (Phi) is 10.8. The first-order chi connectivity index (χ1) is 13.1. The van der Waals surface area contributed by atoms with E-state index in [2.05, 4.69) is 5.32 Å². The Morgan fingerprint density at radius 3 is 2.18 bits per heavy atom. The first-order valence-corrected chi connectivity index (χ1v) is 11.0. The maximum atomic E-state index is 12.7. The number of hydroxylamine groups is 1. The molecule has 1 rings (SSSR count). The first-order valence-electron chi connectivity index (χ1n) is 7.76. The molecule has 0 heterocycles. The molecule has 0 aliphatic carbocycles. The number of carbonyl (C=O) groups excluding carboxylic acids is 3. The van der Waals surface area contributed by atoms with Crippen LogP contribution in [0.2, 0.25) is 0 Å². The van der Waals surface area contributed by atoms with Gasteiger partial charge in [0.15, 0.2) is 0 Å². The minimum absolute atomic E-state index is 0.0138. The summed E-state index contributed by atoms with van der Waals surface area (Å²) in [6.45, 7) is 0.0960. The van der Waals surface area contributed by atoms with Crippen molar-refractivity contribution in [3.05, 3.63) is 21.8 Å². The van der Waals surface area contributed by atoms with Gasteiger partial charge < -0.3 is 26.4 Å². The highest BCUT2D eigenvalue weighted by molar-refractivity contribution is 14.1. The molecule has 13 heteroatoms. The van der Waals surface area contributed by atoms with Gasteiger partial charge in [-0.05, 0) is 74.7 Å². The summed E-state index contributed by atoms with van der Waals surface area (Å²) in [6.07, 6.45) is -1.16. The normalized spacial score (nSPS) is 11.8.